The smallest absolute Gasteiger partial charge is 0.341 e. The summed E-state index contributed by atoms with van der Waals surface area (Å²) in [4.78, 5) is 27.0. The van der Waals surface area contributed by atoms with Crippen LogP contribution in [0.4, 0.5) is 0 Å². The molecule has 1 aromatic rings. The SMILES string of the molecule is COC(=O)c1cn(C(CN2CCCCC2)c2ccccc2)cc2c(=O)[nH]nc1-2. The summed E-state index contributed by atoms with van der Waals surface area (Å²) in [6, 6.07) is 10.1. The molecule has 7 heteroatoms. The van der Waals surface area contributed by atoms with Gasteiger partial charge in [-0.25, -0.2) is 9.89 Å². The zero-order valence-corrected chi connectivity index (χ0v) is 15.9. The maximum absolute atomic E-state index is 12.3. The molecule has 3 heterocycles. The van der Waals surface area contributed by atoms with Gasteiger partial charge in [-0.3, -0.25) is 4.79 Å². The highest BCUT2D eigenvalue weighted by molar-refractivity contribution is 5.95. The van der Waals surface area contributed by atoms with Gasteiger partial charge in [0, 0.05) is 18.9 Å². The second-order valence-electron chi connectivity index (χ2n) is 7.21. The summed E-state index contributed by atoms with van der Waals surface area (Å²) in [5.41, 5.74) is 1.85. The van der Waals surface area contributed by atoms with Gasteiger partial charge in [-0.1, -0.05) is 36.8 Å². The number of piperidine rings is 1. The number of hydrogen-bond acceptors (Lipinski definition) is 5. The summed E-state index contributed by atoms with van der Waals surface area (Å²) in [5, 5.41) is 6.46. The van der Waals surface area contributed by atoms with Crippen LogP contribution in [0.3, 0.4) is 0 Å². The molecule has 0 radical (unpaired) electrons. The van der Waals surface area contributed by atoms with Gasteiger partial charge >= 0.3 is 5.97 Å². The van der Waals surface area contributed by atoms with Crippen LogP contribution in [0.5, 0.6) is 0 Å². The Morgan fingerprint density at radius 3 is 2.64 bits per heavy atom. The van der Waals surface area contributed by atoms with Crippen LogP contribution in [0.1, 0.15) is 41.2 Å². The van der Waals surface area contributed by atoms with Crippen molar-refractivity contribution in [3.63, 3.8) is 0 Å². The standard InChI is InChI=1S/C21H24N4O3/c1-28-21(27)17-13-25(12-16-19(17)22-23-20(16)26)18(15-8-4-2-5-9-15)14-24-10-6-3-7-11-24/h2,4-5,8-9,12-13,18H,3,6-7,10-11,14H2,1H3,(H,23,26). The molecular formula is C21H24N4O3. The Labute approximate surface area is 163 Å². The number of aromatic nitrogens is 3. The monoisotopic (exact) mass is 380 g/mol. The number of hydrogen-bond donors (Lipinski definition) is 1. The molecular weight excluding hydrogens is 356 g/mol. The summed E-state index contributed by atoms with van der Waals surface area (Å²) in [6.07, 6.45) is 7.20. The number of carbonyl (C=O) groups is 1. The number of carbonyl (C=O) groups excluding carboxylic acids is 1. The van der Waals surface area contributed by atoms with Crippen LogP contribution in [-0.2, 0) is 4.74 Å². The summed E-state index contributed by atoms with van der Waals surface area (Å²) >= 11 is 0. The zero-order valence-electron chi connectivity index (χ0n) is 15.9. The summed E-state index contributed by atoms with van der Waals surface area (Å²) in [6.45, 7) is 2.94. The predicted octanol–water partition coefficient (Wildman–Crippen LogP) is 2.54. The van der Waals surface area contributed by atoms with Crippen LogP contribution in [0.15, 0.2) is 47.5 Å². The first-order chi connectivity index (χ1) is 13.7. The van der Waals surface area contributed by atoms with Gasteiger partial charge in [-0.2, -0.15) is 5.10 Å². The molecule has 3 aliphatic heterocycles. The molecule has 0 aromatic heterocycles. The molecule has 0 spiro atoms. The van der Waals surface area contributed by atoms with Gasteiger partial charge in [0.2, 0.25) is 0 Å². The van der Waals surface area contributed by atoms with E-state index in [1.165, 1.54) is 26.4 Å². The number of likely N-dealkylation sites (tertiary alicyclic amines) is 1. The van der Waals surface area contributed by atoms with Crippen molar-refractivity contribution in [2.24, 2.45) is 0 Å². The first-order valence-corrected chi connectivity index (χ1v) is 9.63. The van der Waals surface area contributed by atoms with Crippen molar-refractivity contribution >= 4 is 5.97 Å². The molecule has 1 unspecified atom stereocenters. The van der Waals surface area contributed by atoms with Crippen molar-refractivity contribution in [1.29, 1.82) is 0 Å². The lowest BCUT2D eigenvalue weighted by atomic mass is 10.0. The van der Waals surface area contributed by atoms with Crippen LogP contribution in [-0.4, -0.2) is 52.4 Å². The Balaban J connectivity index is 1.82. The van der Waals surface area contributed by atoms with Gasteiger partial charge in [0.1, 0.15) is 11.3 Å². The fourth-order valence-electron chi connectivity index (χ4n) is 3.93. The van der Waals surface area contributed by atoms with E-state index >= 15 is 0 Å². The average molecular weight is 380 g/mol. The maximum Gasteiger partial charge on any atom is 0.341 e. The minimum atomic E-state index is -0.504. The molecule has 1 fully saturated rings. The van der Waals surface area contributed by atoms with E-state index in [-0.39, 0.29) is 17.2 Å². The molecule has 0 saturated carbocycles. The Bertz CT molecular complexity index is 973. The van der Waals surface area contributed by atoms with Gasteiger partial charge < -0.3 is 14.2 Å². The third-order valence-electron chi connectivity index (χ3n) is 5.41. The molecule has 28 heavy (non-hydrogen) atoms. The third kappa shape index (κ3) is 3.57. The highest BCUT2D eigenvalue weighted by atomic mass is 16.5. The Kier molecular flexibility index (Phi) is 5.25. The van der Waals surface area contributed by atoms with Crippen LogP contribution < -0.4 is 5.56 Å². The van der Waals surface area contributed by atoms with Crippen molar-refractivity contribution in [3.05, 3.63) is 64.2 Å². The van der Waals surface area contributed by atoms with Crippen molar-refractivity contribution < 1.29 is 9.53 Å². The number of nitrogens with zero attached hydrogens (tertiary/aromatic N) is 3. The number of H-pyrrole nitrogens is 1. The molecule has 3 aliphatic rings. The van der Waals surface area contributed by atoms with E-state index in [1.54, 1.807) is 12.4 Å². The number of nitrogens with one attached hydrogen (secondary N) is 1. The fraction of sp³-hybridized carbons (Fsp3) is 0.381. The second kappa shape index (κ2) is 7.98. The number of pyridine rings is 1. The summed E-state index contributed by atoms with van der Waals surface area (Å²) in [5.74, 6) is -0.504. The molecule has 1 saturated heterocycles. The molecule has 7 nitrogen and oxygen atoms in total. The molecule has 1 N–H and O–H groups in total. The second-order valence-corrected chi connectivity index (χ2v) is 7.21. The number of fused-ring (bicyclic) bond motifs is 1. The lowest BCUT2D eigenvalue weighted by Crippen LogP contribution is -2.35. The van der Waals surface area contributed by atoms with Crippen molar-refractivity contribution in [3.8, 4) is 11.3 Å². The van der Waals surface area contributed by atoms with E-state index in [9.17, 15) is 9.59 Å². The lowest BCUT2D eigenvalue weighted by Gasteiger charge is -2.32. The molecule has 0 amide bonds. The van der Waals surface area contributed by atoms with Gasteiger partial charge in [-0.15, -0.1) is 0 Å². The molecule has 4 rings (SSSR count). The minimum Gasteiger partial charge on any atom is -0.465 e. The molecule has 146 valence electrons. The van der Waals surface area contributed by atoms with E-state index < -0.39 is 5.97 Å². The molecule has 0 bridgehead atoms. The maximum atomic E-state index is 12.3. The third-order valence-corrected chi connectivity index (χ3v) is 5.41. The van der Waals surface area contributed by atoms with Crippen molar-refractivity contribution in [2.75, 3.05) is 26.7 Å². The quantitative estimate of drug-likeness (QED) is 0.688. The summed E-state index contributed by atoms with van der Waals surface area (Å²) in [7, 11) is 1.33. The first-order valence-electron chi connectivity index (χ1n) is 9.63. The molecule has 0 aliphatic carbocycles. The van der Waals surface area contributed by atoms with Gasteiger partial charge in [0.05, 0.1) is 18.7 Å². The van der Waals surface area contributed by atoms with Crippen LogP contribution in [0, 0.1) is 0 Å². The number of aromatic amines is 1. The molecule has 1 aromatic carbocycles. The number of rotatable bonds is 5. The van der Waals surface area contributed by atoms with E-state index in [2.05, 4.69) is 27.2 Å². The first kappa shape index (κ1) is 18.4. The Hall–Kier alpha value is -2.93. The van der Waals surface area contributed by atoms with Crippen LogP contribution in [0.25, 0.3) is 11.3 Å². The predicted molar refractivity (Wildman–Crippen MR) is 106 cm³/mol. The van der Waals surface area contributed by atoms with Crippen molar-refractivity contribution in [1.82, 2.24) is 19.7 Å². The highest BCUT2D eigenvalue weighted by Crippen LogP contribution is 2.27. The normalized spacial score (nSPS) is 16.2. The van der Waals surface area contributed by atoms with E-state index in [4.69, 9.17) is 4.74 Å². The summed E-state index contributed by atoms with van der Waals surface area (Å²) < 4.78 is 6.88. The lowest BCUT2D eigenvalue weighted by molar-refractivity contribution is 0.0600. The Morgan fingerprint density at radius 2 is 1.93 bits per heavy atom. The van der Waals surface area contributed by atoms with E-state index in [0.29, 0.717) is 11.3 Å². The van der Waals surface area contributed by atoms with Crippen molar-refractivity contribution in [2.45, 2.75) is 25.3 Å². The fourth-order valence-corrected chi connectivity index (χ4v) is 3.93. The molecule has 1 atom stereocenters. The number of methoxy groups -OCH3 is 1. The highest BCUT2D eigenvalue weighted by Gasteiger charge is 2.26. The number of ether oxygens (including phenoxy) is 1. The topological polar surface area (TPSA) is 80.2 Å². The number of benzene rings is 1. The largest absolute Gasteiger partial charge is 0.465 e. The zero-order chi connectivity index (χ0) is 19.5. The Morgan fingerprint density at radius 1 is 1.18 bits per heavy atom. The number of esters is 1. The van der Waals surface area contributed by atoms with Gasteiger partial charge in [0.15, 0.2) is 0 Å². The van der Waals surface area contributed by atoms with E-state index in [1.807, 2.05) is 22.8 Å². The van der Waals surface area contributed by atoms with Crippen LogP contribution >= 0.6 is 0 Å². The average Bonchev–Trinajstić information content (AvgIpc) is 3.13. The minimum absolute atomic E-state index is 0.0265. The van der Waals surface area contributed by atoms with Gasteiger partial charge in [-0.05, 0) is 31.5 Å². The van der Waals surface area contributed by atoms with Crippen LogP contribution in [0.2, 0.25) is 0 Å². The van der Waals surface area contributed by atoms with E-state index in [0.717, 1.165) is 25.2 Å². The van der Waals surface area contributed by atoms with Gasteiger partial charge in [0.25, 0.3) is 5.56 Å².